The molecule has 0 saturated heterocycles. The minimum atomic E-state index is -0.0344. The van der Waals surface area contributed by atoms with Gasteiger partial charge in [0.05, 0.1) is 16.1 Å². The molecule has 0 aliphatic heterocycles. The normalized spacial score (nSPS) is 17.7. The summed E-state index contributed by atoms with van der Waals surface area (Å²) in [6, 6.07) is 5.43. The highest BCUT2D eigenvalue weighted by atomic mass is 35.5. The van der Waals surface area contributed by atoms with Crippen molar-refractivity contribution in [3.63, 3.8) is 0 Å². The minimum Gasteiger partial charge on any atom is -0.349 e. The van der Waals surface area contributed by atoms with Crippen molar-refractivity contribution in [2.45, 2.75) is 38.6 Å². The molecule has 0 spiro atoms. The van der Waals surface area contributed by atoms with Gasteiger partial charge in [0.25, 0.3) is 0 Å². The molecule has 1 atom stereocenters. The lowest BCUT2D eigenvalue weighted by molar-refractivity contribution is -0.125. The summed E-state index contributed by atoms with van der Waals surface area (Å²) in [6.45, 7) is 1.96. The fraction of sp³-hybridized carbons (Fsp3) is 0.500. The Labute approximate surface area is 118 Å². The van der Waals surface area contributed by atoms with Gasteiger partial charge in [-0.3, -0.25) is 4.79 Å². The zero-order valence-corrected chi connectivity index (χ0v) is 11.9. The predicted molar refractivity (Wildman–Crippen MR) is 75.0 cm³/mol. The fourth-order valence-electron chi connectivity index (χ4n) is 2.38. The number of nitrogens with one attached hydrogen (secondary N) is 1. The Balaban J connectivity index is 2.00. The van der Waals surface area contributed by atoms with E-state index >= 15 is 0 Å². The quantitative estimate of drug-likeness (QED) is 0.878. The molecule has 2 rings (SSSR count). The molecule has 2 nitrogen and oxygen atoms in total. The van der Waals surface area contributed by atoms with Crippen molar-refractivity contribution in [2.24, 2.45) is 5.92 Å². The first-order chi connectivity index (χ1) is 8.58. The fourth-order valence-corrected chi connectivity index (χ4v) is 2.69. The van der Waals surface area contributed by atoms with Crippen LogP contribution in [0.1, 0.15) is 44.2 Å². The first-order valence-electron chi connectivity index (χ1n) is 6.33. The van der Waals surface area contributed by atoms with Crippen molar-refractivity contribution in [1.82, 2.24) is 5.32 Å². The molecule has 18 heavy (non-hydrogen) atoms. The van der Waals surface area contributed by atoms with Crippen LogP contribution in [-0.2, 0) is 4.79 Å². The third kappa shape index (κ3) is 3.18. The molecule has 4 heteroatoms. The van der Waals surface area contributed by atoms with Gasteiger partial charge in [0.2, 0.25) is 5.91 Å². The van der Waals surface area contributed by atoms with E-state index in [0.29, 0.717) is 10.0 Å². The van der Waals surface area contributed by atoms with E-state index < -0.39 is 0 Å². The van der Waals surface area contributed by atoms with Gasteiger partial charge in [-0.1, -0.05) is 42.1 Å². The third-order valence-corrected chi connectivity index (χ3v) is 4.27. The zero-order chi connectivity index (χ0) is 13.1. The highest BCUT2D eigenvalue weighted by Crippen LogP contribution is 2.28. The molecule has 0 bridgehead atoms. The van der Waals surface area contributed by atoms with Gasteiger partial charge in [0.15, 0.2) is 0 Å². The van der Waals surface area contributed by atoms with E-state index in [1.54, 1.807) is 6.07 Å². The van der Waals surface area contributed by atoms with Crippen LogP contribution < -0.4 is 5.32 Å². The molecule has 1 aromatic carbocycles. The highest BCUT2D eigenvalue weighted by Gasteiger charge is 2.23. The van der Waals surface area contributed by atoms with Crippen molar-refractivity contribution in [3.8, 4) is 0 Å². The summed E-state index contributed by atoms with van der Waals surface area (Å²) in [4.78, 5) is 12.0. The Hall–Kier alpha value is -0.730. The minimum absolute atomic E-state index is 0.0344. The Morgan fingerprint density at radius 2 is 1.94 bits per heavy atom. The standard InChI is InChI=1S/C14H17Cl2NO/c1-9(11-6-7-12(15)13(16)8-11)17-14(18)10-4-2-3-5-10/h6-10H,2-5H2,1H3,(H,17,18). The van der Waals surface area contributed by atoms with E-state index in [1.807, 2.05) is 19.1 Å². The largest absolute Gasteiger partial charge is 0.349 e. The molecule has 1 aromatic rings. The Morgan fingerprint density at radius 1 is 1.28 bits per heavy atom. The summed E-state index contributed by atoms with van der Waals surface area (Å²) in [5, 5.41) is 4.11. The Bertz CT molecular complexity index is 441. The van der Waals surface area contributed by atoms with E-state index in [-0.39, 0.29) is 17.9 Å². The van der Waals surface area contributed by atoms with Gasteiger partial charge in [0, 0.05) is 5.92 Å². The summed E-state index contributed by atoms with van der Waals surface area (Å²) in [6.07, 6.45) is 4.36. The van der Waals surface area contributed by atoms with E-state index in [4.69, 9.17) is 23.2 Å². The molecular formula is C14H17Cl2NO. The van der Waals surface area contributed by atoms with Crippen molar-refractivity contribution < 1.29 is 4.79 Å². The van der Waals surface area contributed by atoms with Crippen LogP contribution in [0.5, 0.6) is 0 Å². The highest BCUT2D eigenvalue weighted by molar-refractivity contribution is 6.42. The van der Waals surface area contributed by atoms with Gasteiger partial charge in [-0.15, -0.1) is 0 Å². The molecule has 1 saturated carbocycles. The number of carbonyl (C=O) groups is 1. The number of carbonyl (C=O) groups excluding carboxylic acids is 1. The second-order valence-corrected chi connectivity index (χ2v) is 5.70. The van der Waals surface area contributed by atoms with Gasteiger partial charge >= 0.3 is 0 Å². The maximum absolute atomic E-state index is 12.0. The van der Waals surface area contributed by atoms with Crippen LogP contribution in [0.3, 0.4) is 0 Å². The molecule has 1 aliphatic carbocycles. The van der Waals surface area contributed by atoms with Crippen molar-refractivity contribution in [2.75, 3.05) is 0 Å². The molecule has 0 radical (unpaired) electrons. The number of rotatable bonds is 3. The maximum Gasteiger partial charge on any atom is 0.223 e. The van der Waals surface area contributed by atoms with E-state index in [2.05, 4.69) is 5.32 Å². The van der Waals surface area contributed by atoms with Crippen molar-refractivity contribution in [3.05, 3.63) is 33.8 Å². The lowest BCUT2D eigenvalue weighted by atomic mass is 10.0. The van der Waals surface area contributed by atoms with Crippen molar-refractivity contribution in [1.29, 1.82) is 0 Å². The van der Waals surface area contributed by atoms with Crippen LogP contribution in [0.2, 0.25) is 10.0 Å². The second kappa shape index (κ2) is 5.94. The first-order valence-corrected chi connectivity index (χ1v) is 7.09. The predicted octanol–water partition coefficient (Wildman–Crippen LogP) is 4.36. The number of amides is 1. The topological polar surface area (TPSA) is 29.1 Å². The maximum atomic E-state index is 12.0. The van der Waals surface area contributed by atoms with E-state index in [0.717, 1.165) is 18.4 Å². The van der Waals surface area contributed by atoms with Gasteiger partial charge in [-0.05, 0) is 37.5 Å². The number of benzene rings is 1. The van der Waals surface area contributed by atoms with Gasteiger partial charge < -0.3 is 5.32 Å². The summed E-state index contributed by atoms with van der Waals surface area (Å²) < 4.78 is 0. The van der Waals surface area contributed by atoms with Crippen LogP contribution in [0, 0.1) is 5.92 Å². The summed E-state index contributed by atoms with van der Waals surface area (Å²) in [5.41, 5.74) is 0.982. The van der Waals surface area contributed by atoms with Crippen LogP contribution >= 0.6 is 23.2 Å². The van der Waals surface area contributed by atoms with Gasteiger partial charge in [0.1, 0.15) is 0 Å². The molecule has 1 amide bonds. The Kier molecular flexibility index (Phi) is 4.52. The molecule has 1 N–H and O–H groups in total. The third-order valence-electron chi connectivity index (χ3n) is 3.53. The summed E-state index contributed by atoms with van der Waals surface area (Å²) in [5.74, 6) is 0.348. The van der Waals surface area contributed by atoms with Crippen LogP contribution in [0.15, 0.2) is 18.2 Å². The van der Waals surface area contributed by atoms with E-state index in [1.165, 1.54) is 12.8 Å². The summed E-state index contributed by atoms with van der Waals surface area (Å²) >= 11 is 11.9. The van der Waals surface area contributed by atoms with Gasteiger partial charge in [-0.2, -0.15) is 0 Å². The van der Waals surface area contributed by atoms with Crippen molar-refractivity contribution >= 4 is 29.1 Å². The molecule has 1 aliphatic rings. The monoisotopic (exact) mass is 285 g/mol. The first kappa shape index (κ1) is 13.7. The van der Waals surface area contributed by atoms with E-state index in [9.17, 15) is 4.79 Å². The second-order valence-electron chi connectivity index (χ2n) is 4.89. The molecule has 98 valence electrons. The number of hydrogen-bond donors (Lipinski definition) is 1. The average molecular weight is 286 g/mol. The van der Waals surface area contributed by atoms with Crippen LogP contribution in [0.25, 0.3) is 0 Å². The zero-order valence-electron chi connectivity index (χ0n) is 10.4. The van der Waals surface area contributed by atoms with Crippen LogP contribution in [0.4, 0.5) is 0 Å². The number of halogens is 2. The lowest BCUT2D eigenvalue weighted by Crippen LogP contribution is -2.31. The average Bonchev–Trinajstić information content (AvgIpc) is 2.86. The van der Waals surface area contributed by atoms with Crippen LogP contribution in [-0.4, -0.2) is 5.91 Å². The Morgan fingerprint density at radius 3 is 2.56 bits per heavy atom. The molecular weight excluding hydrogens is 269 g/mol. The molecule has 0 aromatic heterocycles. The smallest absolute Gasteiger partial charge is 0.223 e. The van der Waals surface area contributed by atoms with Gasteiger partial charge in [-0.25, -0.2) is 0 Å². The molecule has 0 heterocycles. The lowest BCUT2D eigenvalue weighted by Gasteiger charge is -2.17. The summed E-state index contributed by atoms with van der Waals surface area (Å²) in [7, 11) is 0. The number of hydrogen-bond acceptors (Lipinski definition) is 1. The molecule has 1 fully saturated rings. The molecule has 1 unspecified atom stereocenters. The SMILES string of the molecule is CC(NC(=O)C1CCCC1)c1ccc(Cl)c(Cl)c1.